The number of thioether (sulfide) groups is 1. The Morgan fingerprint density at radius 3 is 2.70 bits per heavy atom. The summed E-state index contributed by atoms with van der Waals surface area (Å²) in [7, 11) is 0. The highest BCUT2D eigenvalue weighted by Gasteiger charge is 2.11. The maximum absolute atomic E-state index is 12.2. The Morgan fingerprint density at radius 2 is 2.00 bits per heavy atom. The molecule has 1 amide bonds. The first-order valence-corrected chi connectivity index (χ1v) is 8.56. The minimum Gasteiger partial charge on any atom is -0.350 e. The molecule has 23 heavy (non-hydrogen) atoms. The number of hydrogen-bond acceptors (Lipinski definition) is 4. The van der Waals surface area contributed by atoms with Crippen LogP contribution < -0.4 is 10.9 Å². The predicted octanol–water partition coefficient (Wildman–Crippen LogP) is 2.56. The van der Waals surface area contributed by atoms with E-state index in [4.69, 9.17) is 0 Å². The summed E-state index contributed by atoms with van der Waals surface area (Å²) < 4.78 is 1.33. The molecule has 1 N–H and O–H groups in total. The van der Waals surface area contributed by atoms with Crippen molar-refractivity contribution in [3.8, 4) is 0 Å². The zero-order chi connectivity index (χ0) is 16.7. The summed E-state index contributed by atoms with van der Waals surface area (Å²) in [4.78, 5) is 25.0. The zero-order valence-corrected chi connectivity index (χ0v) is 14.2. The molecule has 0 aliphatic heterocycles. The Labute approximate surface area is 140 Å². The molecule has 0 aliphatic rings. The van der Waals surface area contributed by atoms with Gasteiger partial charge in [-0.3, -0.25) is 9.59 Å². The van der Waals surface area contributed by atoms with Gasteiger partial charge in [-0.2, -0.15) is 5.10 Å². The van der Waals surface area contributed by atoms with Crippen LogP contribution in [0.15, 0.2) is 52.2 Å². The molecule has 1 aromatic heterocycles. The minimum absolute atomic E-state index is 0.184. The van der Waals surface area contributed by atoms with E-state index in [1.54, 1.807) is 11.8 Å². The normalized spacial score (nSPS) is 11.9. The van der Waals surface area contributed by atoms with Gasteiger partial charge < -0.3 is 5.32 Å². The molecule has 0 radical (unpaired) electrons. The molecule has 0 bridgehead atoms. The number of rotatable bonds is 7. The molecule has 2 rings (SSSR count). The first-order valence-electron chi connectivity index (χ1n) is 7.68. The van der Waals surface area contributed by atoms with Crippen LogP contribution in [-0.4, -0.2) is 27.5 Å². The molecule has 0 spiro atoms. The van der Waals surface area contributed by atoms with E-state index in [-0.39, 0.29) is 22.4 Å². The minimum atomic E-state index is -0.254. The van der Waals surface area contributed by atoms with Crippen LogP contribution >= 0.6 is 11.8 Å². The maximum Gasteiger partial charge on any atom is 0.271 e. The number of carbonyl (C=O) groups is 1. The van der Waals surface area contributed by atoms with Crippen molar-refractivity contribution in [2.24, 2.45) is 0 Å². The molecule has 1 heterocycles. The first-order chi connectivity index (χ1) is 11.1. The van der Waals surface area contributed by atoms with Crippen LogP contribution in [0.25, 0.3) is 0 Å². The summed E-state index contributed by atoms with van der Waals surface area (Å²) in [6.45, 7) is 5.07. The lowest BCUT2D eigenvalue weighted by molar-refractivity contribution is 0.0946. The fraction of sp³-hybridized carbons (Fsp3) is 0.353. The average Bonchev–Trinajstić information content (AvgIpc) is 2.56. The van der Waals surface area contributed by atoms with Gasteiger partial charge in [0.15, 0.2) is 0 Å². The molecule has 0 saturated carbocycles. The number of amides is 1. The van der Waals surface area contributed by atoms with Crippen LogP contribution in [0, 0.1) is 0 Å². The van der Waals surface area contributed by atoms with Gasteiger partial charge in [0.05, 0.1) is 0 Å². The molecule has 1 atom stereocenters. The van der Waals surface area contributed by atoms with E-state index in [1.807, 2.05) is 37.3 Å². The molecular formula is C17H21N3O2S. The highest BCUT2D eigenvalue weighted by Crippen LogP contribution is 2.21. The molecule has 1 unspecified atom stereocenters. The summed E-state index contributed by atoms with van der Waals surface area (Å²) >= 11 is 1.70. The van der Waals surface area contributed by atoms with Crippen molar-refractivity contribution >= 4 is 17.7 Å². The van der Waals surface area contributed by atoms with Gasteiger partial charge in [0.25, 0.3) is 11.5 Å². The number of aryl methyl sites for hydroxylation is 1. The highest BCUT2D eigenvalue weighted by atomic mass is 32.2. The van der Waals surface area contributed by atoms with E-state index in [0.29, 0.717) is 13.1 Å². The lowest BCUT2D eigenvalue weighted by Crippen LogP contribution is -2.32. The van der Waals surface area contributed by atoms with Crippen LogP contribution in [0.5, 0.6) is 0 Å². The average molecular weight is 331 g/mol. The van der Waals surface area contributed by atoms with Crippen LogP contribution in [-0.2, 0) is 6.54 Å². The Balaban J connectivity index is 1.91. The molecule has 5 nitrogen and oxygen atoms in total. The van der Waals surface area contributed by atoms with Gasteiger partial charge in [-0.05, 0) is 24.6 Å². The van der Waals surface area contributed by atoms with Crippen molar-refractivity contribution < 1.29 is 4.79 Å². The second kappa shape index (κ2) is 8.53. The largest absolute Gasteiger partial charge is 0.350 e. The third kappa shape index (κ3) is 5.25. The SMILES string of the molecule is CCCn1nc(C(=O)NCC(C)Sc2ccccc2)ccc1=O. The summed E-state index contributed by atoms with van der Waals surface area (Å²) in [5.74, 6) is -0.254. The van der Waals surface area contributed by atoms with Gasteiger partial charge >= 0.3 is 0 Å². The third-order valence-electron chi connectivity index (χ3n) is 3.17. The zero-order valence-electron chi connectivity index (χ0n) is 13.4. The molecular weight excluding hydrogens is 310 g/mol. The molecule has 1 aromatic carbocycles. The first kappa shape index (κ1) is 17.3. The number of nitrogens with one attached hydrogen (secondary N) is 1. The van der Waals surface area contributed by atoms with Crippen LogP contribution in [0.2, 0.25) is 0 Å². The summed E-state index contributed by atoms with van der Waals surface area (Å²) in [6, 6.07) is 12.9. The summed E-state index contributed by atoms with van der Waals surface area (Å²) in [5, 5.41) is 7.22. The Bertz CT molecular complexity index is 700. The van der Waals surface area contributed by atoms with Crippen LogP contribution in [0.1, 0.15) is 30.8 Å². The standard InChI is InChI=1S/C17H21N3O2S/c1-3-11-20-16(21)10-9-15(19-20)17(22)18-12-13(2)23-14-7-5-4-6-8-14/h4-10,13H,3,11-12H2,1-2H3,(H,18,22). The van der Waals surface area contributed by atoms with Gasteiger partial charge in [-0.25, -0.2) is 4.68 Å². The fourth-order valence-electron chi connectivity index (χ4n) is 2.04. The number of hydrogen-bond donors (Lipinski definition) is 1. The van der Waals surface area contributed by atoms with Crippen molar-refractivity contribution in [2.45, 2.75) is 37.0 Å². The Morgan fingerprint density at radius 1 is 1.26 bits per heavy atom. The van der Waals surface area contributed by atoms with E-state index in [9.17, 15) is 9.59 Å². The van der Waals surface area contributed by atoms with Gasteiger partial charge in [-0.15, -0.1) is 11.8 Å². The van der Waals surface area contributed by atoms with Crippen molar-refractivity contribution in [3.63, 3.8) is 0 Å². The Kier molecular flexibility index (Phi) is 6.40. The Hall–Kier alpha value is -2.08. The molecule has 2 aromatic rings. The number of aromatic nitrogens is 2. The van der Waals surface area contributed by atoms with E-state index < -0.39 is 0 Å². The lowest BCUT2D eigenvalue weighted by Gasteiger charge is -2.12. The van der Waals surface area contributed by atoms with Gasteiger partial charge in [-0.1, -0.05) is 32.0 Å². The van der Waals surface area contributed by atoms with Crippen LogP contribution in [0.4, 0.5) is 0 Å². The third-order valence-corrected chi connectivity index (χ3v) is 4.28. The highest BCUT2D eigenvalue weighted by molar-refractivity contribution is 8.00. The summed E-state index contributed by atoms with van der Waals surface area (Å²) in [5.41, 5.74) is 0.0892. The number of nitrogens with zero attached hydrogens (tertiary/aromatic N) is 2. The van der Waals surface area contributed by atoms with Crippen molar-refractivity contribution in [1.82, 2.24) is 15.1 Å². The predicted molar refractivity (Wildman–Crippen MR) is 92.9 cm³/mol. The smallest absolute Gasteiger partial charge is 0.271 e. The van der Waals surface area contributed by atoms with E-state index in [1.165, 1.54) is 21.7 Å². The van der Waals surface area contributed by atoms with Gasteiger partial charge in [0, 0.05) is 29.3 Å². The topological polar surface area (TPSA) is 64.0 Å². The van der Waals surface area contributed by atoms with E-state index in [0.717, 1.165) is 6.42 Å². The molecule has 0 aliphatic carbocycles. The van der Waals surface area contributed by atoms with E-state index in [2.05, 4.69) is 17.3 Å². The lowest BCUT2D eigenvalue weighted by atomic mass is 10.3. The van der Waals surface area contributed by atoms with Crippen molar-refractivity contribution in [1.29, 1.82) is 0 Å². The van der Waals surface area contributed by atoms with E-state index >= 15 is 0 Å². The number of carbonyl (C=O) groups excluding carboxylic acids is 1. The monoisotopic (exact) mass is 331 g/mol. The van der Waals surface area contributed by atoms with Crippen molar-refractivity contribution in [2.75, 3.05) is 6.54 Å². The maximum atomic E-state index is 12.2. The van der Waals surface area contributed by atoms with Crippen LogP contribution in [0.3, 0.4) is 0 Å². The second-order valence-corrected chi connectivity index (χ2v) is 6.74. The van der Waals surface area contributed by atoms with Crippen molar-refractivity contribution in [3.05, 3.63) is 58.5 Å². The second-order valence-electron chi connectivity index (χ2n) is 5.23. The quantitative estimate of drug-likeness (QED) is 0.792. The molecule has 0 fully saturated rings. The number of benzene rings is 1. The molecule has 6 heteroatoms. The molecule has 0 saturated heterocycles. The van der Waals surface area contributed by atoms with Gasteiger partial charge in [0.1, 0.15) is 5.69 Å². The fourth-order valence-corrected chi connectivity index (χ4v) is 2.99. The van der Waals surface area contributed by atoms with Gasteiger partial charge in [0.2, 0.25) is 0 Å². The molecule has 122 valence electrons. The summed E-state index contributed by atoms with van der Waals surface area (Å²) in [6.07, 6.45) is 0.794.